The first kappa shape index (κ1) is 40.8. The predicted molar refractivity (Wildman–Crippen MR) is 248 cm³/mol. The van der Waals surface area contributed by atoms with Crippen LogP contribution < -0.4 is 9.47 Å². The lowest BCUT2D eigenvalue weighted by Gasteiger charge is -2.40. The summed E-state index contributed by atoms with van der Waals surface area (Å²) in [6.07, 6.45) is -1.62. The molecule has 2 aliphatic heterocycles. The summed E-state index contributed by atoms with van der Waals surface area (Å²) in [6.45, 7) is 0. The summed E-state index contributed by atoms with van der Waals surface area (Å²) < 4.78 is 13.7. The molecule has 0 aromatic heterocycles. The summed E-state index contributed by atoms with van der Waals surface area (Å²) >= 11 is 0. The maximum Gasteiger partial charge on any atom is 0.135 e. The van der Waals surface area contributed by atoms with Crippen LogP contribution in [0.25, 0.3) is 0 Å². The van der Waals surface area contributed by atoms with Gasteiger partial charge in [0.1, 0.15) is 81.2 Å². The highest BCUT2D eigenvalue weighted by atomic mass is 16.5. The van der Waals surface area contributed by atoms with E-state index in [9.17, 15) is 51.1 Å². The normalized spacial score (nSPS) is 22.6. The van der Waals surface area contributed by atoms with Crippen molar-refractivity contribution in [3.63, 3.8) is 0 Å². The van der Waals surface area contributed by atoms with Crippen LogP contribution in [0.1, 0.15) is 114 Å². The molecule has 8 atom stereocenters. The molecule has 68 heavy (non-hydrogen) atoms. The maximum atomic E-state index is 12.5. The van der Waals surface area contributed by atoms with Gasteiger partial charge < -0.3 is 60.5 Å². The molecule has 2 aliphatic carbocycles. The molecule has 12 heteroatoms. The zero-order chi connectivity index (χ0) is 46.9. The number of rotatable bonds is 5. The van der Waals surface area contributed by atoms with Crippen molar-refractivity contribution in [1.29, 1.82) is 0 Å². The van der Waals surface area contributed by atoms with E-state index >= 15 is 0 Å². The second kappa shape index (κ2) is 14.9. The lowest BCUT2D eigenvalue weighted by Crippen LogP contribution is -2.26. The van der Waals surface area contributed by atoms with Crippen molar-refractivity contribution in [1.82, 2.24) is 0 Å². The maximum absolute atomic E-state index is 12.5. The van der Waals surface area contributed by atoms with Gasteiger partial charge in [0.05, 0.1) is 11.8 Å². The Kier molecular flexibility index (Phi) is 8.97. The standard InChI is InChI=1S/C56H42O12/c57-29-9-1-25(2-10-29)45-47-37(17-33(61)21-41(47)65)53-49-39(19-35(63)23-43(49)67-55(53)27-5-13-31(59)14-6-27)51(45)52-40-20-36(64)24-44-50(40)54(56(68-44)28-7-15-32(60)16-8-28)38-18-34(62)22-42(66)48(38)46(52)26-3-11-30(58)12-4-26/h1-24,45-46,51-66H/t45-,46-,51-,52-,53+,54+,55-,56-/m1/s1. The zero-order valence-corrected chi connectivity index (χ0v) is 35.8. The van der Waals surface area contributed by atoms with Crippen molar-refractivity contribution in [2.24, 2.45) is 0 Å². The van der Waals surface area contributed by atoms with E-state index in [-0.39, 0.29) is 57.5 Å². The number of phenolic OH excluding ortho intramolecular Hbond substituents is 10. The van der Waals surface area contributed by atoms with E-state index in [2.05, 4.69) is 0 Å². The van der Waals surface area contributed by atoms with Crippen LogP contribution in [0.4, 0.5) is 0 Å². The van der Waals surface area contributed by atoms with Gasteiger partial charge in [-0.3, -0.25) is 0 Å². The summed E-state index contributed by atoms with van der Waals surface area (Å²) in [7, 11) is 0. The fraction of sp³-hybridized carbons (Fsp3) is 0.143. The van der Waals surface area contributed by atoms with Gasteiger partial charge >= 0.3 is 0 Å². The monoisotopic (exact) mass is 906 g/mol. The van der Waals surface area contributed by atoms with E-state index in [0.717, 1.165) is 0 Å². The zero-order valence-electron chi connectivity index (χ0n) is 35.8. The third kappa shape index (κ3) is 6.20. The van der Waals surface area contributed by atoms with Gasteiger partial charge in [-0.25, -0.2) is 0 Å². The molecular weight excluding hydrogens is 865 g/mol. The minimum absolute atomic E-state index is 0.0182. The molecule has 0 saturated heterocycles. The molecule has 8 aromatic carbocycles. The van der Waals surface area contributed by atoms with Crippen LogP contribution in [0, 0.1) is 0 Å². The number of hydrogen-bond donors (Lipinski definition) is 10. The fourth-order valence-electron chi connectivity index (χ4n) is 12.0. The van der Waals surface area contributed by atoms with E-state index in [1.54, 1.807) is 121 Å². The highest BCUT2D eigenvalue weighted by Crippen LogP contribution is 2.69. The first-order valence-electron chi connectivity index (χ1n) is 22.2. The fourth-order valence-corrected chi connectivity index (χ4v) is 12.0. The van der Waals surface area contributed by atoms with Gasteiger partial charge in [-0.1, -0.05) is 48.5 Å². The SMILES string of the molecule is Oc1ccc([C@@H]2c3c(O)cc(O)cc3[C@H]3c4c(cc(O)cc4[C@H]2[C@@H]2c4cc(O)cc5c4[C@H](c4cc(O)cc(O)c4[C@H]2c2ccc(O)cc2)[C@@H](c2ccc(O)cc2)O5)O[C@@H]3c2ccc(O)cc2)cc1. The molecule has 0 saturated carbocycles. The molecule has 0 radical (unpaired) electrons. The Morgan fingerprint density at radius 1 is 0.265 bits per heavy atom. The molecule has 12 nitrogen and oxygen atoms in total. The molecule has 338 valence electrons. The van der Waals surface area contributed by atoms with Crippen LogP contribution in [0.3, 0.4) is 0 Å². The minimum atomic E-state index is -0.918. The third-order valence-corrected chi connectivity index (χ3v) is 14.5. The Labute approximate surface area is 388 Å². The predicted octanol–water partition coefficient (Wildman–Crippen LogP) is 10.4. The van der Waals surface area contributed by atoms with Gasteiger partial charge in [0.15, 0.2) is 0 Å². The Morgan fingerprint density at radius 3 is 0.897 bits per heavy atom. The number of ether oxygens (including phenoxy) is 2. The summed E-state index contributed by atoms with van der Waals surface area (Å²) in [4.78, 5) is 0. The quantitative estimate of drug-likeness (QED) is 0.0780. The van der Waals surface area contributed by atoms with Crippen LogP contribution in [0.2, 0.25) is 0 Å². The molecule has 0 amide bonds. The van der Waals surface area contributed by atoms with Gasteiger partial charge in [0, 0.05) is 70.2 Å². The topological polar surface area (TPSA) is 221 Å². The first-order valence-corrected chi connectivity index (χ1v) is 22.2. The summed E-state index contributed by atoms with van der Waals surface area (Å²) in [5, 5.41) is 114. The van der Waals surface area contributed by atoms with Crippen molar-refractivity contribution < 1.29 is 60.5 Å². The van der Waals surface area contributed by atoms with Gasteiger partial charge in [0.25, 0.3) is 0 Å². The van der Waals surface area contributed by atoms with Crippen molar-refractivity contribution >= 4 is 0 Å². The van der Waals surface area contributed by atoms with Crippen LogP contribution in [-0.2, 0) is 0 Å². The highest BCUT2D eigenvalue weighted by molar-refractivity contribution is 5.71. The number of aromatic hydroxyl groups is 10. The van der Waals surface area contributed by atoms with Crippen LogP contribution in [-0.4, -0.2) is 51.1 Å². The van der Waals surface area contributed by atoms with Crippen molar-refractivity contribution in [2.75, 3.05) is 0 Å². The third-order valence-electron chi connectivity index (χ3n) is 14.5. The Morgan fingerprint density at radius 2 is 0.559 bits per heavy atom. The average molecular weight is 907 g/mol. The molecule has 2 heterocycles. The molecule has 0 unspecified atom stereocenters. The second-order valence-corrected chi connectivity index (χ2v) is 18.2. The molecular formula is C56H42O12. The average Bonchev–Trinajstić information content (AvgIpc) is 3.81. The smallest absolute Gasteiger partial charge is 0.135 e. The minimum Gasteiger partial charge on any atom is -0.508 e. The van der Waals surface area contributed by atoms with Crippen molar-refractivity contribution in [3.05, 3.63) is 212 Å². The lowest BCUT2D eigenvalue weighted by atomic mass is 9.62. The van der Waals surface area contributed by atoms with Crippen LogP contribution in [0.15, 0.2) is 146 Å². The molecule has 8 aromatic rings. The van der Waals surface area contributed by atoms with Gasteiger partial charge in [-0.05, 0) is 117 Å². The van der Waals surface area contributed by atoms with E-state index in [1.807, 2.05) is 0 Å². The summed E-state index contributed by atoms with van der Waals surface area (Å²) in [5.41, 5.74) is 6.75. The van der Waals surface area contributed by atoms with Crippen molar-refractivity contribution in [2.45, 2.75) is 47.7 Å². The van der Waals surface area contributed by atoms with E-state index < -0.39 is 47.7 Å². The Hall–Kier alpha value is -8.64. The number of phenols is 10. The molecule has 10 N–H and O–H groups in total. The number of hydrogen-bond acceptors (Lipinski definition) is 12. The largest absolute Gasteiger partial charge is 0.508 e. The van der Waals surface area contributed by atoms with E-state index in [1.165, 1.54) is 24.3 Å². The Bertz CT molecular complexity index is 3110. The molecule has 0 bridgehead atoms. The second-order valence-electron chi connectivity index (χ2n) is 18.2. The first-order chi connectivity index (χ1) is 32.8. The van der Waals surface area contributed by atoms with Crippen LogP contribution in [0.5, 0.6) is 69.0 Å². The lowest BCUT2D eigenvalue weighted by molar-refractivity contribution is 0.221. The van der Waals surface area contributed by atoms with E-state index in [4.69, 9.17) is 9.47 Å². The highest BCUT2D eigenvalue weighted by Gasteiger charge is 2.55. The van der Waals surface area contributed by atoms with Crippen molar-refractivity contribution in [3.8, 4) is 69.0 Å². The number of benzene rings is 8. The summed E-state index contributed by atoms with van der Waals surface area (Å²) in [5.74, 6) is -5.69. The summed E-state index contributed by atoms with van der Waals surface area (Å²) in [6, 6.07) is 38.4. The Balaban J connectivity index is 1.25. The van der Waals surface area contributed by atoms with Crippen LogP contribution >= 0.6 is 0 Å². The van der Waals surface area contributed by atoms with Gasteiger partial charge in [-0.15, -0.1) is 0 Å². The van der Waals surface area contributed by atoms with Gasteiger partial charge in [0.2, 0.25) is 0 Å². The number of fused-ring (bicyclic) bond motifs is 4. The molecule has 12 rings (SSSR count). The van der Waals surface area contributed by atoms with E-state index in [0.29, 0.717) is 78.3 Å². The molecule has 0 spiro atoms. The van der Waals surface area contributed by atoms with Gasteiger partial charge in [-0.2, -0.15) is 0 Å². The molecule has 4 aliphatic rings. The molecule has 0 fully saturated rings.